The third kappa shape index (κ3) is 9.11. The zero-order valence-electron chi connectivity index (χ0n) is 10.7. The first kappa shape index (κ1) is 17.6. The standard InChI is InChI=1S/C11H16O4.C2H4/c1-7(2)10(12)14-6-9(5)15-11(13)8(3)4;1-2/h9H,1,3,6H2,2,4-5H3;1-2H2. The van der Waals surface area contributed by atoms with Gasteiger partial charge in [0.1, 0.15) is 12.7 Å². The van der Waals surface area contributed by atoms with Gasteiger partial charge in [0.2, 0.25) is 0 Å². The fourth-order valence-corrected chi connectivity index (χ4v) is 0.634. The molecule has 0 rings (SSSR count). The van der Waals surface area contributed by atoms with Crippen molar-refractivity contribution in [3.63, 3.8) is 0 Å². The van der Waals surface area contributed by atoms with Crippen LogP contribution in [0.25, 0.3) is 0 Å². The minimum atomic E-state index is -0.492. The van der Waals surface area contributed by atoms with Crippen molar-refractivity contribution in [2.45, 2.75) is 26.9 Å². The monoisotopic (exact) mass is 240 g/mol. The maximum Gasteiger partial charge on any atom is 0.333 e. The second-order valence-corrected chi connectivity index (χ2v) is 3.38. The molecule has 1 unspecified atom stereocenters. The molecule has 0 aromatic carbocycles. The fraction of sp³-hybridized carbons (Fsp3) is 0.385. The molecule has 0 saturated carbocycles. The van der Waals surface area contributed by atoms with Gasteiger partial charge in [-0.05, 0) is 20.8 Å². The van der Waals surface area contributed by atoms with Crippen molar-refractivity contribution in [3.8, 4) is 0 Å². The summed E-state index contributed by atoms with van der Waals surface area (Å²) < 4.78 is 9.70. The van der Waals surface area contributed by atoms with Gasteiger partial charge in [-0.15, -0.1) is 13.2 Å². The predicted octanol–water partition coefficient (Wildman–Crippen LogP) is 2.42. The summed E-state index contributed by atoms with van der Waals surface area (Å²) >= 11 is 0. The highest BCUT2D eigenvalue weighted by Crippen LogP contribution is 2.00. The molecule has 4 nitrogen and oxygen atoms in total. The lowest BCUT2D eigenvalue weighted by Gasteiger charge is -2.13. The van der Waals surface area contributed by atoms with Gasteiger partial charge < -0.3 is 9.47 Å². The molecule has 0 radical (unpaired) electrons. The lowest BCUT2D eigenvalue weighted by atomic mass is 10.3. The molecule has 0 saturated heterocycles. The molecule has 1 atom stereocenters. The highest BCUT2D eigenvalue weighted by molar-refractivity contribution is 5.87. The molecule has 0 aliphatic heterocycles. The number of hydrogen-bond acceptors (Lipinski definition) is 4. The van der Waals surface area contributed by atoms with Gasteiger partial charge in [-0.25, -0.2) is 9.59 Å². The van der Waals surface area contributed by atoms with Crippen LogP contribution in [0.4, 0.5) is 0 Å². The maximum absolute atomic E-state index is 11.1. The summed E-state index contributed by atoms with van der Waals surface area (Å²) in [6, 6.07) is 0. The summed E-state index contributed by atoms with van der Waals surface area (Å²) in [6.07, 6.45) is -0.488. The first-order valence-electron chi connectivity index (χ1n) is 5.03. The number of rotatable bonds is 5. The fourth-order valence-electron chi connectivity index (χ4n) is 0.634. The van der Waals surface area contributed by atoms with E-state index in [0.29, 0.717) is 11.1 Å². The zero-order valence-corrected chi connectivity index (χ0v) is 10.7. The highest BCUT2D eigenvalue weighted by atomic mass is 16.6. The first-order chi connectivity index (χ1) is 7.84. The molecule has 17 heavy (non-hydrogen) atoms. The normalized spacial score (nSPS) is 10.3. The van der Waals surface area contributed by atoms with E-state index in [2.05, 4.69) is 26.3 Å². The molecule has 0 bridgehead atoms. The minimum Gasteiger partial charge on any atom is -0.458 e. The van der Waals surface area contributed by atoms with Gasteiger partial charge in [0.05, 0.1) is 0 Å². The van der Waals surface area contributed by atoms with E-state index in [1.807, 2.05) is 0 Å². The zero-order chi connectivity index (χ0) is 14.0. The number of carbonyl (C=O) groups excluding carboxylic acids is 2. The largest absolute Gasteiger partial charge is 0.458 e. The van der Waals surface area contributed by atoms with Gasteiger partial charge in [-0.2, -0.15) is 0 Å². The summed E-state index contributed by atoms with van der Waals surface area (Å²) in [4.78, 5) is 22.0. The van der Waals surface area contributed by atoms with Crippen molar-refractivity contribution in [1.82, 2.24) is 0 Å². The smallest absolute Gasteiger partial charge is 0.333 e. The number of hydrogen-bond donors (Lipinski definition) is 0. The van der Waals surface area contributed by atoms with Crippen LogP contribution in [0.2, 0.25) is 0 Å². The Morgan fingerprint density at radius 3 is 1.82 bits per heavy atom. The average molecular weight is 240 g/mol. The Bertz CT molecular complexity index is 305. The van der Waals surface area contributed by atoms with Crippen molar-refractivity contribution in [3.05, 3.63) is 37.5 Å². The van der Waals surface area contributed by atoms with Crippen LogP contribution >= 0.6 is 0 Å². The van der Waals surface area contributed by atoms with E-state index in [1.54, 1.807) is 20.8 Å². The highest BCUT2D eigenvalue weighted by Gasteiger charge is 2.12. The molecular formula is C13H20O4. The van der Waals surface area contributed by atoms with E-state index in [9.17, 15) is 9.59 Å². The molecule has 0 fully saturated rings. The number of ether oxygens (including phenoxy) is 2. The Morgan fingerprint density at radius 2 is 1.47 bits per heavy atom. The Morgan fingerprint density at radius 1 is 1.06 bits per heavy atom. The SMILES string of the molecule is C=C.C=C(C)C(=O)OCC(C)OC(=O)C(=C)C. The van der Waals surface area contributed by atoms with Gasteiger partial charge in [0, 0.05) is 11.1 Å². The molecule has 0 aromatic heterocycles. The third-order valence-electron chi connectivity index (χ3n) is 1.45. The van der Waals surface area contributed by atoms with Crippen LogP contribution in [-0.2, 0) is 19.1 Å². The molecule has 4 heteroatoms. The van der Waals surface area contributed by atoms with Crippen molar-refractivity contribution < 1.29 is 19.1 Å². The first-order valence-corrected chi connectivity index (χ1v) is 5.03. The van der Waals surface area contributed by atoms with Crippen LogP contribution in [0.5, 0.6) is 0 Å². The molecular weight excluding hydrogens is 220 g/mol. The van der Waals surface area contributed by atoms with Crippen LogP contribution in [-0.4, -0.2) is 24.6 Å². The lowest BCUT2D eigenvalue weighted by molar-refractivity contribution is -0.152. The molecule has 0 N–H and O–H groups in total. The Kier molecular flexibility index (Phi) is 9.70. The van der Waals surface area contributed by atoms with Gasteiger partial charge in [0.15, 0.2) is 0 Å². The molecule has 0 aromatic rings. The van der Waals surface area contributed by atoms with E-state index in [-0.39, 0.29) is 6.61 Å². The molecule has 0 aliphatic rings. The molecule has 0 aliphatic carbocycles. The summed E-state index contributed by atoms with van der Waals surface area (Å²) in [6.45, 7) is 17.6. The quantitative estimate of drug-likeness (QED) is 0.420. The van der Waals surface area contributed by atoms with E-state index >= 15 is 0 Å². The van der Waals surface area contributed by atoms with Gasteiger partial charge in [0.25, 0.3) is 0 Å². The van der Waals surface area contributed by atoms with Gasteiger partial charge in [-0.3, -0.25) is 0 Å². The van der Waals surface area contributed by atoms with E-state index in [1.165, 1.54) is 0 Å². The van der Waals surface area contributed by atoms with Crippen LogP contribution in [0.1, 0.15) is 20.8 Å². The predicted molar refractivity (Wildman–Crippen MR) is 67.4 cm³/mol. The summed E-state index contributed by atoms with van der Waals surface area (Å²) in [5.41, 5.74) is 0.626. The van der Waals surface area contributed by atoms with Crippen molar-refractivity contribution in [2.24, 2.45) is 0 Å². The molecule has 0 heterocycles. The summed E-state index contributed by atoms with van der Waals surface area (Å²) in [5.74, 6) is -0.984. The Hall–Kier alpha value is -1.84. The Labute approximate surface area is 103 Å². The van der Waals surface area contributed by atoms with Crippen LogP contribution in [0, 0.1) is 0 Å². The number of esters is 2. The van der Waals surface area contributed by atoms with Gasteiger partial charge in [-0.1, -0.05) is 13.2 Å². The van der Waals surface area contributed by atoms with Crippen molar-refractivity contribution in [2.75, 3.05) is 6.61 Å². The van der Waals surface area contributed by atoms with E-state index in [0.717, 1.165) is 0 Å². The van der Waals surface area contributed by atoms with Gasteiger partial charge >= 0.3 is 11.9 Å². The van der Waals surface area contributed by atoms with Crippen LogP contribution < -0.4 is 0 Å². The van der Waals surface area contributed by atoms with E-state index in [4.69, 9.17) is 9.47 Å². The molecule has 96 valence electrons. The van der Waals surface area contributed by atoms with Crippen LogP contribution in [0.15, 0.2) is 37.5 Å². The second kappa shape index (κ2) is 9.39. The summed E-state index contributed by atoms with van der Waals surface area (Å²) in [7, 11) is 0. The Balaban J connectivity index is 0. The average Bonchev–Trinajstić information content (AvgIpc) is 2.28. The molecule has 0 amide bonds. The number of carbonyl (C=O) groups is 2. The summed E-state index contributed by atoms with van der Waals surface area (Å²) in [5, 5.41) is 0. The lowest BCUT2D eigenvalue weighted by Crippen LogP contribution is -2.22. The third-order valence-corrected chi connectivity index (χ3v) is 1.45. The minimum absolute atomic E-state index is 0.0186. The molecule has 0 spiro atoms. The maximum atomic E-state index is 11.1. The van der Waals surface area contributed by atoms with Crippen LogP contribution in [0.3, 0.4) is 0 Å². The van der Waals surface area contributed by atoms with Crippen molar-refractivity contribution in [1.29, 1.82) is 0 Å². The van der Waals surface area contributed by atoms with Crippen molar-refractivity contribution >= 4 is 11.9 Å². The van der Waals surface area contributed by atoms with E-state index < -0.39 is 18.0 Å². The topological polar surface area (TPSA) is 52.6 Å². The second-order valence-electron chi connectivity index (χ2n) is 3.38.